The topological polar surface area (TPSA) is 41.6 Å². The van der Waals surface area contributed by atoms with Gasteiger partial charge in [-0.15, -0.1) is 0 Å². The summed E-state index contributed by atoms with van der Waals surface area (Å²) in [6, 6.07) is 0. The highest BCUT2D eigenvalue weighted by Gasteiger charge is 2.36. The molecule has 4 heteroatoms. The first-order valence-corrected chi connectivity index (χ1v) is 6.14. The second-order valence-corrected chi connectivity index (χ2v) is 4.76. The first-order chi connectivity index (χ1) is 7.60. The third-order valence-corrected chi connectivity index (χ3v) is 3.24. The van der Waals surface area contributed by atoms with Crippen LogP contribution in [0.3, 0.4) is 0 Å². The van der Waals surface area contributed by atoms with Gasteiger partial charge < -0.3 is 15.0 Å². The van der Waals surface area contributed by atoms with Gasteiger partial charge in [-0.05, 0) is 33.2 Å². The lowest BCUT2D eigenvalue weighted by molar-refractivity contribution is -0.141. The quantitative estimate of drug-likeness (QED) is 0.710. The molecule has 1 aliphatic rings. The number of hydrogen-bond acceptors (Lipinski definition) is 3. The maximum absolute atomic E-state index is 12.2. The highest BCUT2D eigenvalue weighted by atomic mass is 16.5. The standard InChI is InChI=1S/C12H24N2O2/c1-4-16-9-8-14(3)11(15)12(2)6-5-7-13-10-12/h13H,4-10H2,1-3H3. The maximum Gasteiger partial charge on any atom is 0.229 e. The van der Waals surface area contributed by atoms with Crippen LogP contribution in [0.15, 0.2) is 0 Å². The Morgan fingerprint density at radius 3 is 2.88 bits per heavy atom. The van der Waals surface area contributed by atoms with Crippen LogP contribution in [0.25, 0.3) is 0 Å². The number of amides is 1. The zero-order valence-corrected chi connectivity index (χ0v) is 10.7. The van der Waals surface area contributed by atoms with Crippen LogP contribution in [-0.2, 0) is 9.53 Å². The van der Waals surface area contributed by atoms with E-state index in [2.05, 4.69) is 12.2 Å². The van der Waals surface area contributed by atoms with Crippen LogP contribution in [0.1, 0.15) is 26.7 Å². The van der Waals surface area contributed by atoms with Gasteiger partial charge in [0, 0.05) is 26.7 Å². The highest BCUT2D eigenvalue weighted by Crippen LogP contribution is 2.27. The zero-order valence-electron chi connectivity index (χ0n) is 10.7. The Kier molecular flexibility index (Phi) is 5.22. The minimum atomic E-state index is -0.223. The summed E-state index contributed by atoms with van der Waals surface area (Å²) in [5, 5.41) is 3.30. The Bertz CT molecular complexity index is 225. The second-order valence-electron chi connectivity index (χ2n) is 4.76. The molecule has 1 saturated heterocycles. The van der Waals surface area contributed by atoms with Crippen LogP contribution < -0.4 is 5.32 Å². The molecule has 0 bridgehead atoms. The largest absolute Gasteiger partial charge is 0.380 e. The van der Waals surface area contributed by atoms with Crippen LogP contribution in [0, 0.1) is 5.41 Å². The van der Waals surface area contributed by atoms with Crippen molar-refractivity contribution in [3.63, 3.8) is 0 Å². The van der Waals surface area contributed by atoms with E-state index in [4.69, 9.17) is 4.74 Å². The molecule has 0 radical (unpaired) electrons. The first kappa shape index (κ1) is 13.5. The molecule has 94 valence electrons. The number of piperidine rings is 1. The van der Waals surface area contributed by atoms with Crippen molar-refractivity contribution in [2.45, 2.75) is 26.7 Å². The molecule has 1 rings (SSSR count). The maximum atomic E-state index is 12.2. The SMILES string of the molecule is CCOCCN(C)C(=O)C1(C)CCCNC1. The summed E-state index contributed by atoms with van der Waals surface area (Å²) in [5.74, 6) is 0.236. The van der Waals surface area contributed by atoms with Crippen molar-refractivity contribution in [1.82, 2.24) is 10.2 Å². The summed E-state index contributed by atoms with van der Waals surface area (Å²) < 4.78 is 5.27. The minimum Gasteiger partial charge on any atom is -0.380 e. The Hall–Kier alpha value is -0.610. The Morgan fingerprint density at radius 1 is 1.56 bits per heavy atom. The van der Waals surface area contributed by atoms with Crippen molar-refractivity contribution in [1.29, 1.82) is 0 Å². The molecule has 0 aromatic rings. The molecule has 1 N–H and O–H groups in total. The van der Waals surface area contributed by atoms with Gasteiger partial charge in [0.25, 0.3) is 0 Å². The summed E-state index contributed by atoms with van der Waals surface area (Å²) in [4.78, 5) is 14.0. The predicted molar refractivity (Wildman–Crippen MR) is 64.3 cm³/mol. The number of rotatable bonds is 5. The van der Waals surface area contributed by atoms with Gasteiger partial charge in [0.1, 0.15) is 0 Å². The van der Waals surface area contributed by atoms with Gasteiger partial charge in [-0.3, -0.25) is 4.79 Å². The average Bonchev–Trinajstić information content (AvgIpc) is 2.29. The second kappa shape index (κ2) is 6.21. The number of hydrogen-bond donors (Lipinski definition) is 1. The van der Waals surface area contributed by atoms with Gasteiger partial charge in [0.15, 0.2) is 0 Å². The fourth-order valence-electron chi connectivity index (χ4n) is 2.15. The van der Waals surface area contributed by atoms with E-state index in [1.807, 2.05) is 14.0 Å². The average molecular weight is 228 g/mol. The molecule has 4 nitrogen and oxygen atoms in total. The van der Waals surface area contributed by atoms with Crippen molar-refractivity contribution in [2.24, 2.45) is 5.41 Å². The number of nitrogens with one attached hydrogen (secondary N) is 1. The number of ether oxygens (including phenoxy) is 1. The predicted octanol–water partition coefficient (Wildman–Crippen LogP) is 0.871. The Morgan fingerprint density at radius 2 is 2.31 bits per heavy atom. The van der Waals surface area contributed by atoms with Crippen molar-refractivity contribution in [3.8, 4) is 0 Å². The normalized spacial score (nSPS) is 25.4. The molecule has 0 aromatic carbocycles. The lowest BCUT2D eigenvalue weighted by Crippen LogP contribution is -2.49. The Balaban J connectivity index is 2.41. The fourth-order valence-corrected chi connectivity index (χ4v) is 2.15. The molecule has 1 unspecified atom stereocenters. The molecular formula is C12H24N2O2. The summed E-state index contributed by atoms with van der Waals surface area (Å²) in [5.41, 5.74) is -0.223. The van der Waals surface area contributed by atoms with E-state index >= 15 is 0 Å². The lowest BCUT2D eigenvalue weighted by Gasteiger charge is -2.36. The third-order valence-electron chi connectivity index (χ3n) is 3.24. The molecular weight excluding hydrogens is 204 g/mol. The minimum absolute atomic E-state index is 0.223. The van der Waals surface area contributed by atoms with Crippen LogP contribution in [0.2, 0.25) is 0 Å². The lowest BCUT2D eigenvalue weighted by atomic mass is 9.81. The van der Waals surface area contributed by atoms with E-state index in [9.17, 15) is 4.79 Å². The molecule has 1 fully saturated rings. The highest BCUT2D eigenvalue weighted by molar-refractivity contribution is 5.82. The molecule has 16 heavy (non-hydrogen) atoms. The van der Waals surface area contributed by atoms with E-state index in [0.717, 1.165) is 25.9 Å². The smallest absolute Gasteiger partial charge is 0.229 e. The summed E-state index contributed by atoms with van der Waals surface area (Å²) in [7, 11) is 1.86. The number of carbonyl (C=O) groups excluding carboxylic acids is 1. The molecule has 1 heterocycles. The van der Waals surface area contributed by atoms with E-state index in [0.29, 0.717) is 19.8 Å². The molecule has 1 amide bonds. The summed E-state index contributed by atoms with van der Waals surface area (Å²) >= 11 is 0. The van der Waals surface area contributed by atoms with Crippen LogP contribution >= 0.6 is 0 Å². The summed E-state index contributed by atoms with van der Waals surface area (Å²) in [6.45, 7) is 7.87. The van der Waals surface area contributed by atoms with Crippen LogP contribution in [-0.4, -0.2) is 50.7 Å². The number of nitrogens with zero attached hydrogens (tertiary/aromatic N) is 1. The molecule has 1 atom stereocenters. The van der Waals surface area contributed by atoms with Crippen molar-refractivity contribution < 1.29 is 9.53 Å². The zero-order chi connectivity index (χ0) is 12.0. The number of likely N-dealkylation sites (N-methyl/N-ethyl adjacent to an activating group) is 1. The van der Waals surface area contributed by atoms with Gasteiger partial charge >= 0.3 is 0 Å². The van der Waals surface area contributed by atoms with Crippen molar-refractivity contribution in [3.05, 3.63) is 0 Å². The van der Waals surface area contributed by atoms with Crippen molar-refractivity contribution in [2.75, 3.05) is 39.9 Å². The summed E-state index contributed by atoms with van der Waals surface area (Å²) in [6.07, 6.45) is 2.07. The first-order valence-electron chi connectivity index (χ1n) is 6.14. The van der Waals surface area contributed by atoms with Crippen LogP contribution in [0.5, 0.6) is 0 Å². The Labute approximate surface area is 98.3 Å². The molecule has 1 aliphatic heterocycles. The van der Waals surface area contributed by atoms with E-state index in [1.54, 1.807) is 4.90 Å². The third kappa shape index (κ3) is 3.46. The monoisotopic (exact) mass is 228 g/mol. The van der Waals surface area contributed by atoms with E-state index in [-0.39, 0.29) is 11.3 Å². The van der Waals surface area contributed by atoms with E-state index < -0.39 is 0 Å². The fraction of sp³-hybridized carbons (Fsp3) is 0.917. The molecule has 0 saturated carbocycles. The molecule has 0 spiro atoms. The van der Waals surface area contributed by atoms with Crippen LogP contribution in [0.4, 0.5) is 0 Å². The molecule has 0 aliphatic carbocycles. The van der Waals surface area contributed by atoms with Gasteiger partial charge in [-0.2, -0.15) is 0 Å². The van der Waals surface area contributed by atoms with E-state index in [1.165, 1.54) is 0 Å². The van der Waals surface area contributed by atoms with Gasteiger partial charge in [-0.1, -0.05) is 0 Å². The number of carbonyl (C=O) groups is 1. The molecule has 0 aromatic heterocycles. The van der Waals surface area contributed by atoms with Crippen molar-refractivity contribution >= 4 is 5.91 Å². The van der Waals surface area contributed by atoms with Gasteiger partial charge in [-0.25, -0.2) is 0 Å². The van der Waals surface area contributed by atoms with Gasteiger partial charge in [0.05, 0.1) is 12.0 Å². The van der Waals surface area contributed by atoms with Gasteiger partial charge in [0.2, 0.25) is 5.91 Å².